The maximum absolute atomic E-state index is 12.8. The molecule has 222 valence electrons. The van der Waals surface area contributed by atoms with Crippen LogP contribution in [0.2, 0.25) is 0 Å². The fourth-order valence-electron chi connectivity index (χ4n) is 5.63. The predicted molar refractivity (Wildman–Crippen MR) is 163 cm³/mol. The van der Waals surface area contributed by atoms with Gasteiger partial charge < -0.3 is 19.1 Å². The highest BCUT2D eigenvalue weighted by Gasteiger charge is 2.28. The Labute approximate surface area is 249 Å². The number of ether oxygens (including phenoxy) is 2. The van der Waals surface area contributed by atoms with Crippen LogP contribution in [0.3, 0.4) is 0 Å². The summed E-state index contributed by atoms with van der Waals surface area (Å²) in [6, 6.07) is 23.8. The summed E-state index contributed by atoms with van der Waals surface area (Å²) in [5.41, 5.74) is 3.90. The van der Waals surface area contributed by atoms with Gasteiger partial charge in [0.25, 0.3) is 5.56 Å². The Morgan fingerprint density at radius 1 is 0.884 bits per heavy atom. The van der Waals surface area contributed by atoms with Crippen molar-refractivity contribution in [1.82, 2.24) is 23.6 Å². The molecule has 3 heterocycles. The van der Waals surface area contributed by atoms with Gasteiger partial charge in [-0.1, -0.05) is 60.7 Å². The summed E-state index contributed by atoms with van der Waals surface area (Å²) in [7, 11) is 3.09. The van der Waals surface area contributed by atoms with Gasteiger partial charge in [-0.3, -0.25) is 18.8 Å². The Bertz CT molecular complexity index is 1850. The van der Waals surface area contributed by atoms with Crippen LogP contribution in [-0.4, -0.2) is 41.8 Å². The maximum atomic E-state index is 12.8. The number of fused-ring (bicyclic) bond motifs is 2. The zero-order valence-corrected chi connectivity index (χ0v) is 24.3. The highest BCUT2D eigenvalue weighted by atomic mass is 16.5. The second-order valence-corrected chi connectivity index (χ2v) is 11.0. The summed E-state index contributed by atoms with van der Waals surface area (Å²) < 4.78 is 16.8. The molecule has 0 amide bonds. The molecule has 1 aliphatic rings. The number of aliphatic hydroxyl groups is 1. The van der Waals surface area contributed by atoms with E-state index in [2.05, 4.69) is 9.88 Å². The maximum Gasteiger partial charge on any atom is 0.332 e. The van der Waals surface area contributed by atoms with Gasteiger partial charge in [-0.2, -0.15) is 0 Å². The monoisotopic (exact) mass is 581 g/mol. The third-order valence-electron chi connectivity index (χ3n) is 7.96. The number of aliphatic hydroxyl groups excluding tert-OH is 1. The minimum atomic E-state index is -0.709. The predicted octanol–water partition coefficient (Wildman–Crippen LogP) is 3.53. The number of rotatable bonds is 10. The first-order valence-electron chi connectivity index (χ1n) is 14.4. The Balaban J connectivity index is 1.20. The Morgan fingerprint density at radius 3 is 2.26 bits per heavy atom. The molecule has 0 radical (unpaired) electrons. The van der Waals surface area contributed by atoms with Gasteiger partial charge in [0.1, 0.15) is 24.7 Å². The van der Waals surface area contributed by atoms with Crippen molar-refractivity contribution in [2.75, 3.05) is 13.1 Å². The van der Waals surface area contributed by atoms with Gasteiger partial charge in [0.2, 0.25) is 0 Å². The topological polar surface area (TPSA) is 104 Å². The van der Waals surface area contributed by atoms with E-state index in [4.69, 9.17) is 9.47 Å². The lowest BCUT2D eigenvalue weighted by molar-refractivity contribution is 0.0886. The van der Waals surface area contributed by atoms with Crippen molar-refractivity contribution in [3.8, 4) is 11.5 Å². The number of imidazole rings is 1. The number of aryl methyl sites for hydroxylation is 2. The summed E-state index contributed by atoms with van der Waals surface area (Å²) in [5, 5.41) is 11.3. The van der Waals surface area contributed by atoms with Crippen molar-refractivity contribution in [1.29, 1.82) is 0 Å². The number of aromatic nitrogens is 4. The van der Waals surface area contributed by atoms with Crippen LogP contribution in [0.1, 0.15) is 34.8 Å². The molecule has 0 bridgehead atoms. The first-order chi connectivity index (χ1) is 20.9. The van der Waals surface area contributed by atoms with E-state index >= 15 is 0 Å². The normalized spacial score (nSPS) is 15.0. The number of nitrogens with zero attached hydrogens (tertiary/aromatic N) is 5. The van der Waals surface area contributed by atoms with Crippen molar-refractivity contribution >= 4 is 11.2 Å². The van der Waals surface area contributed by atoms with Gasteiger partial charge in [0, 0.05) is 51.9 Å². The highest BCUT2D eigenvalue weighted by molar-refractivity contribution is 5.69. The summed E-state index contributed by atoms with van der Waals surface area (Å²) in [6.45, 7) is 3.13. The van der Waals surface area contributed by atoms with Crippen LogP contribution in [0.25, 0.3) is 11.2 Å². The molecule has 43 heavy (non-hydrogen) atoms. The van der Waals surface area contributed by atoms with E-state index in [1.807, 2.05) is 72.8 Å². The molecule has 2 aromatic heterocycles. The number of benzene rings is 3. The molecule has 1 atom stereocenters. The van der Waals surface area contributed by atoms with Gasteiger partial charge in [0.15, 0.2) is 11.2 Å². The van der Waals surface area contributed by atoms with Crippen LogP contribution < -0.4 is 20.7 Å². The largest absolute Gasteiger partial charge is 0.489 e. The molecule has 1 N–H and O–H groups in total. The van der Waals surface area contributed by atoms with E-state index in [0.29, 0.717) is 62.1 Å². The van der Waals surface area contributed by atoms with E-state index < -0.39 is 11.8 Å². The Morgan fingerprint density at radius 2 is 1.56 bits per heavy atom. The Kier molecular flexibility index (Phi) is 8.13. The highest BCUT2D eigenvalue weighted by Crippen LogP contribution is 2.38. The van der Waals surface area contributed by atoms with Crippen molar-refractivity contribution in [3.05, 3.63) is 122 Å². The van der Waals surface area contributed by atoms with Gasteiger partial charge in [-0.15, -0.1) is 0 Å². The molecule has 0 spiro atoms. The zero-order valence-electron chi connectivity index (χ0n) is 24.3. The molecular weight excluding hydrogens is 546 g/mol. The average Bonchev–Trinajstić information content (AvgIpc) is 3.46. The zero-order chi connectivity index (χ0) is 29.9. The van der Waals surface area contributed by atoms with Crippen molar-refractivity contribution in [2.24, 2.45) is 14.1 Å². The van der Waals surface area contributed by atoms with E-state index in [-0.39, 0.29) is 5.56 Å². The first-order valence-corrected chi connectivity index (χ1v) is 14.4. The smallest absolute Gasteiger partial charge is 0.332 e. The molecule has 10 nitrogen and oxygen atoms in total. The van der Waals surface area contributed by atoms with E-state index in [9.17, 15) is 14.7 Å². The number of hydrogen-bond donors (Lipinski definition) is 1. The van der Waals surface area contributed by atoms with Crippen LogP contribution in [0, 0.1) is 0 Å². The lowest BCUT2D eigenvalue weighted by Crippen LogP contribution is -2.37. The second kappa shape index (κ2) is 12.3. The van der Waals surface area contributed by atoms with E-state index in [0.717, 1.165) is 33.2 Å². The summed E-state index contributed by atoms with van der Waals surface area (Å²) in [4.78, 5) is 31.6. The van der Waals surface area contributed by atoms with Crippen molar-refractivity contribution in [3.63, 3.8) is 0 Å². The summed E-state index contributed by atoms with van der Waals surface area (Å²) in [5.74, 6) is 1.35. The third-order valence-corrected chi connectivity index (χ3v) is 7.96. The van der Waals surface area contributed by atoms with Gasteiger partial charge in [-0.05, 0) is 29.2 Å². The summed E-state index contributed by atoms with van der Waals surface area (Å²) in [6.07, 6.45) is 1.62. The number of hydrogen-bond acceptors (Lipinski definition) is 7. The molecule has 5 aromatic rings. The lowest BCUT2D eigenvalue weighted by atomic mass is 9.95. The van der Waals surface area contributed by atoms with Gasteiger partial charge in [0.05, 0.1) is 12.4 Å². The second-order valence-electron chi connectivity index (χ2n) is 11.0. The summed E-state index contributed by atoms with van der Waals surface area (Å²) >= 11 is 0. The van der Waals surface area contributed by atoms with E-state index in [1.54, 1.807) is 17.9 Å². The van der Waals surface area contributed by atoms with Crippen LogP contribution in [0.4, 0.5) is 0 Å². The fourth-order valence-corrected chi connectivity index (χ4v) is 5.63. The standard InChI is InChI=1S/C33H35N5O5/c1-35-31-30(32(40)36(2)33(35)41)38(22-34-31)15-9-14-37-18-27-26(28(39)19-37)16-25(42-20-23-10-5-3-6-11-23)17-29(27)43-21-24-12-7-4-8-13-24/h3-8,10-13,16-17,22,28,39H,9,14-15,18-21H2,1-2H3. The molecular formula is C33H35N5O5. The minimum Gasteiger partial charge on any atom is -0.489 e. The number of β-amino-alcohol motifs (C(OH)–C–C–N with tert-alkyl or cyclic N) is 1. The van der Waals surface area contributed by atoms with E-state index in [1.165, 1.54) is 11.6 Å². The molecule has 0 saturated carbocycles. The molecule has 0 saturated heterocycles. The van der Waals surface area contributed by atoms with Crippen LogP contribution in [0.15, 0.2) is 88.7 Å². The third kappa shape index (κ3) is 5.97. The van der Waals surface area contributed by atoms with Crippen molar-refractivity contribution in [2.45, 2.75) is 38.8 Å². The molecule has 1 unspecified atom stereocenters. The van der Waals surface area contributed by atoms with Gasteiger partial charge in [-0.25, -0.2) is 9.78 Å². The average molecular weight is 582 g/mol. The lowest BCUT2D eigenvalue weighted by Gasteiger charge is -2.33. The Hall–Kier alpha value is -4.67. The SMILES string of the molecule is Cn1c(=O)c2c(ncn2CCCN2Cc3c(OCc4ccccc4)cc(OCc4ccccc4)cc3C(O)C2)n(C)c1=O. The molecule has 0 aliphatic carbocycles. The molecule has 0 fully saturated rings. The fraction of sp³-hybridized carbons (Fsp3) is 0.303. The van der Waals surface area contributed by atoms with Crippen molar-refractivity contribution < 1.29 is 14.6 Å². The molecule has 10 heteroatoms. The first kappa shape index (κ1) is 28.4. The van der Waals surface area contributed by atoms with Gasteiger partial charge >= 0.3 is 5.69 Å². The quantitative estimate of drug-likeness (QED) is 0.269. The van der Waals surface area contributed by atoms with Crippen LogP contribution in [0.5, 0.6) is 11.5 Å². The minimum absolute atomic E-state index is 0.358. The van der Waals surface area contributed by atoms with Crippen LogP contribution in [-0.2, 0) is 40.4 Å². The molecule has 6 rings (SSSR count). The van der Waals surface area contributed by atoms with Crippen LogP contribution >= 0.6 is 0 Å². The molecule has 1 aliphatic heterocycles. The molecule has 3 aromatic carbocycles.